The molecule has 10 atom stereocenters. The smallest absolute Gasteiger partial charge is 0.229 e. The number of methoxy groups -OCH3 is 2. The number of aromatic nitrogens is 4. The van der Waals surface area contributed by atoms with Crippen molar-refractivity contribution >= 4 is 21.8 Å². The lowest BCUT2D eigenvalue weighted by molar-refractivity contribution is -0.0388. The normalized spacial score (nSPS) is 25.2. The van der Waals surface area contributed by atoms with Crippen molar-refractivity contribution in [1.82, 2.24) is 29.7 Å². The third kappa shape index (κ3) is 7.75. The van der Waals surface area contributed by atoms with Gasteiger partial charge in [-0.15, -0.1) is 13.2 Å². The molecule has 0 spiro atoms. The Morgan fingerprint density at radius 3 is 1.48 bits per heavy atom. The van der Waals surface area contributed by atoms with E-state index >= 15 is 0 Å². The standard InChI is InChI=1S/C56H56N6O4/c1-5-35-33-61-27-23-39(35)29-49(61)52(43-21-25-57-47-19-17-41(63-3)31-45(43)47)65-55-51(37-13-9-7-10-14-37)56(60-54(59-55)38-15-11-8-12-16-38)66-53(50-30-40-24-28-62(50)34-36(40)6-2)44-22-26-58-48-20-18-42(64-4)32-46(44)48/h5-22,25-26,31-32,35-36,39-40,49-50,52-53H,1-2,23-24,27-30,33-34H2,3-4H3/t35-,36?,39?,40-,49+,50?,52-,53-/m0/s1. The predicted molar refractivity (Wildman–Crippen MR) is 260 cm³/mol. The maximum Gasteiger partial charge on any atom is 0.229 e. The number of ether oxygens (including phenoxy) is 4. The van der Waals surface area contributed by atoms with E-state index in [1.165, 1.54) is 0 Å². The van der Waals surface area contributed by atoms with Crippen LogP contribution in [-0.4, -0.2) is 82.2 Å². The lowest BCUT2D eigenvalue weighted by Gasteiger charge is -2.51. The zero-order valence-corrected chi connectivity index (χ0v) is 37.7. The average molecular weight is 877 g/mol. The number of hydrogen-bond acceptors (Lipinski definition) is 10. The largest absolute Gasteiger partial charge is 0.497 e. The van der Waals surface area contributed by atoms with Crippen LogP contribution in [0.15, 0.2) is 147 Å². The summed E-state index contributed by atoms with van der Waals surface area (Å²) in [5, 5.41) is 1.97. The van der Waals surface area contributed by atoms with Gasteiger partial charge in [0.25, 0.3) is 0 Å². The lowest BCUT2D eigenvalue weighted by Crippen LogP contribution is -2.55. The van der Waals surface area contributed by atoms with Gasteiger partial charge in [0.2, 0.25) is 11.8 Å². The average Bonchev–Trinajstić information content (AvgIpc) is 3.39. The SMILES string of the molecule is C=CC1CN2CC[C@H]1CC2[C@@H](Oc1nc(-c2ccccc2)nc(O[C@@H](c2ccnc3ccc(OC)cc23)[C@H]2CC3CCN2C[C@@H]3C=C)c1-c1ccccc1)c1ccnc2ccc(OC)cc12. The molecule has 10 heteroatoms. The van der Waals surface area contributed by atoms with E-state index in [9.17, 15) is 0 Å². The van der Waals surface area contributed by atoms with Crippen LogP contribution in [0, 0.1) is 23.7 Å². The molecular weight excluding hydrogens is 821 g/mol. The first-order chi connectivity index (χ1) is 32.5. The van der Waals surface area contributed by atoms with Gasteiger partial charge in [0, 0.05) is 52.9 Å². The highest BCUT2D eigenvalue weighted by atomic mass is 16.5. The molecule has 13 rings (SSSR count). The van der Waals surface area contributed by atoms with Gasteiger partial charge >= 0.3 is 0 Å². The van der Waals surface area contributed by atoms with Gasteiger partial charge in [-0.3, -0.25) is 19.8 Å². The Kier molecular flexibility index (Phi) is 11.5. The maximum atomic E-state index is 7.73. The zero-order valence-electron chi connectivity index (χ0n) is 37.7. The molecule has 0 N–H and O–H groups in total. The Hall–Kier alpha value is -6.62. The molecule has 10 nitrogen and oxygen atoms in total. The summed E-state index contributed by atoms with van der Waals surface area (Å²) >= 11 is 0. The Morgan fingerprint density at radius 2 is 1.06 bits per heavy atom. The molecule has 0 amide bonds. The lowest BCUT2D eigenvalue weighted by atomic mass is 9.73. The molecule has 3 aromatic heterocycles. The highest BCUT2D eigenvalue weighted by molar-refractivity contribution is 5.85. The van der Waals surface area contributed by atoms with Crippen molar-refractivity contribution in [3.05, 3.63) is 158 Å². The first-order valence-electron chi connectivity index (χ1n) is 23.4. The van der Waals surface area contributed by atoms with Crippen LogP contribution in [0.5, 0.6) is 23.3 Å². The summed E-state index contributed by atoms with van der Waals surface area (Å²) in [6.07, 6.45) is 11.4. The Bertz CT molecular complexity index is 2740. The second-order valence-electron chi connectivity index (χ2n) is 18.4. The third-order valence-electron chi connectivity index (χ3n) is 15.0. The summed E-state index contributed by atoms with van der Waals surface area (Å²) in [5.41, 5.74) is 6.29. The van der Waals surface area contributed by atoms with E-state index in [1.807, 2.05) is 73.1 Å². The van der Waals surface area contributed by atoms with Crippen LogP contribution in [-0.2, 0) is 0 Å². The van der Waals surface area contributed by atoms with E-state index < -0.39 is 12.2 Å². The van der Waals surface area contributed by atoms with Gasteiger partial charge in [0.05, 0.1) is 37.3 Å². The minimum Gasteiger partial charge on any atom is -0.497 e. The monoisotopic (exact) mass is 876 g/mol. The highest BCUT2D eigenvalue weighted by Gasteiger charge is 2.46. The second kappa shape index (κ2) is 18.0. The molecule has 6 fully saturated rings. The summed E-state index contributed by atoms with van der Waals surface area (Å²) in [6, 6.07) is 37.0. The van der Waals surface area contributed by atoms with E-state index in [0.717, 1.165) is 107 Å². The molecule has 6 saturated heterocycles. The number of piperidine rings is 6. The van der Waals surface area contributed by atoms with Gasteiger partial charge in [-0.25, -0.2) is 0 Å². The number of rotatable bonds is 14. The molecule has 5 unspecified atom stereocenters. The van der Waals surface area contributed by atoms with Gasteiger partial charge in [-0.05, 0) is 117 Å². The summed E-state index contributed by atoms with van der Waals surface area (Å²) in [6.45, 7) is 12.3. The van der Waals surface area contributed by atoms with Crippen LogP contribution in [0.2, 0.25) is 0 Å². The third-order valence-corrected chi connectivity index (χ3v) is 15.0. The van der Waals surface area contributed by atoms with Crippen LogP contribution in [0.4, 0.5) is 0 Å². The second-order valence-corrected chi connectivity index (χ2v) is 18.4. The van der Waals surface area contributed by atoms with Crippen molar-refractivity contribution in [3.63, 3.8) is 0 Å². The van der Waals surface area contributed by atoms with Crippen LogP contribution in [0.3, 0.4) is 0 Å². The highest BCUT2D eigenvalue weighted by Crippen LogP contribution is 2.49. The zero-order chi connectivity index (χ0) is 44.7. The van der Waals surface area contributed by atoms with Crippen LogP contribution in [0.1, 0.15) is 49.0 Å². The van der Waals surface area contributed by atoms with Gasteiger partial charge in [-0.2, -0.15) is 9.97 Å². The van der Waals surface area contributed by atoms with E-state index in [2.05, 4.69) is 83.6 Å². The molecule has 7 aromatic rings. The fourth-order valence-corrected chi connectivity index (χ4v) is 11.5. The summed E-state index contributed by atoms with van der Waals surface area (Å²) in [5.74, 6) is 4.84. The van der Waals surface area contributed by atoms with E-state index in [-0.39, 0.29) is 12.1 Å². The number of hydrogen-bond donors (Lipinski definition) is 0. The van der Waals surface area contributed by atoms with Crippen molar-refractivity contribution in [2.45, 2.75) is 50.0 Å². The topological polar surface area (TPSA) is 95.0 Å². The Morgan fingerprint density at radius 1 is 0.591 bits per heavy atom. The first-order valence-corrected chi connectivity index (χ1v) is 23.4. The fourth-order valence-electron chi connectivity index (χ4n) is 11.5. The van der Waals surface area contributed by atoms with Crippen LogP contribution >= 0.6 is 0 Å². The Labute approximate surface area is 387 Å². The molecule has 0 aliphatic carbocycles. The van der Waals surface area contributed by atoms with Crippen molar-refractivity contribution in [2.75, 3.05) is 40.4 Å². The van der Waals surface area contributed by atoms with Gasteiger partial charge in [-0.1, -0.05) is 72.8 Å². The molecular formula is C56H56N6O4. The number of benzene rings is 4. The molecule has 334 valence electrons. The minimum atomic E-state index is -0.437. The minimum absolute atomic E-state index is 0.0502. The van der Waals surface area contributed by atoms with E-state index in [4.69, 9.17) is 38.9 Å². The Balaban J connectivity index is 1.13. The number of pyridine rings is 2. The summed E-state index contributed by atoms with van der Waals surface area (Å²) in [7, 11) is 3.41. The number of nitrogens with zero attached hydrogens (tertiary/aromatic N) is 6. The van der Waals surface area contributed by atoms with E-state index in [0.29, 0.717) is 46.8 Å². The first kappa shape index (κ1) is 42.0. The van der Waals surface area contributed by atoms with Crippen molar-refractivity contribution < 1.29 is 18.9 Å². The molecule has 4 aromatic carbocycles. The van der Waals surface area contributed by atoms with Gasteiger partial charge < -0.3 is 18.9 Å². The quantitative estimate of drug-likeness (QED) is 0.0983. The summed E-state index contributed by atoms with van der Waals surface area (Å²) < 4.78 is 27.1. The maximum absolute atomic E-state index is 7.73. The molecule has 0 radical (unpaired) electrons. The predicted octanol–water partition coefficient (Wildman–Crippen LogP) is 11.0. The van der Waals surface area contributed by atoms with Crippen molar-refractivity contribution in [1.29, 1.82) is 0 Å². The fraction of sp³-hybridized carbons (Fsp3) is 0.321. The summed E-state index contributed by atoms with van der Waals surface area (Å²) in [4.78, 5) is 25.7. The van der Waals surface area contributed by atoms with Gasteiger partial charge in [0.15, 0.2) is 5.82 Å². The molecule has 0 saturated carbocycles. The number of fused-ring (bicyclic) bond motifs is 8. The van der Waals surface area contributed by atoms with Crippen LogP contribution in [0.25, 0.3) is 44.3 Å². The molecule has 66 heavy (non-hydrogen) atoms. The van der Waals surface area contributed by atoms with Crippen molar-refractivity contribution in [2.24, 2.45) is 23.7 Å². The van der Waals surface area contributed by atoms with Crippen LogP contribution < -0.4 is 18.9 Å². The van der Waals surface area contributed by atoms with E-state index in [1.54, 1.807) is 14.2 Å². The molecule has 6 aliphatic heterocycles. The molecule has 6 aliphatic rings. The molecule has 4 bridgehead atoms. The van der Waals surface area contributed by atoms with Gasteiger partial charge in [0.1, 0.15) is 29.3 Å². The van der Waals surface area contributed by atoms with Crippen molar-refractivity contribution in [3.8, 4) is 45.8 Å². The molecule has 9 heterocycles.